The monoisotopic (exact) mass is 284 g/mol. The van der Waals surface area contributed by atoms with E-state index < -0.39 is 5.60 Å². The predicted octanol–water partition coefficient (Wildman–Crippen LogP) is 1.30. The summed E-state index contributed by atoms with van der Waals surface area (Å²) in [6.45, 7) is 7.06. The van der Waals surface area contributed by atoms with E-state index in [2.05, 4.69) is 5.32 Å². The number of amides is 2. The Kier molecular flexibility index (Phi) is 6.46. The molecule has 2 amide bonds. The minimum atomic E-state index is -0.794. The SMILES string of the molecule is CCCC(O)(CCC)CNC(=O)C1CCN(C(C)=O)C1. The van der Waals surface area contributed by atoms with Gasteiger partial charge < -0.3 is 15.3 Å². The summed E-state index contributed by atoms with van der Waals surface area (Å²) in [5, 5.41) is 13.3. The van der Waals surface area contributed by atoms with Crippen LogP contribution in [0.1, 0.15) is 52.9 Å². The lowest BCUT2D eigenvalue weighted by Gasteiger charge is -2.28. The average Bonchev–Trinajstić information content (AvgIpc) is 2.86. The minimum absolute atomic E-state index is 0.0220. The first kappa shape index (κ1) is 17.0. The lowest BCUT2D eigenvalue weighted by molar-refractivity contribution is -0.129. The molecule has 0 radical (unpaired) electrons. The number of carbonyl (C=O) groups is 2. The normalized spacial score (nSPS) is 19.2. The van der Waals surface area contributed by atoms with E-state index in [0.29, 0.717) is 38.9 Å². The lowest BCUT2D eigenvalue weighted by atomic mass is 9.92. The van der Waals surface area contributed by atoms with Crippen LogP contribution in [0, 0.1) is 5.92 Å². The molecule has 0 saturated carbocycles. The van der Waals surface area contributed by atoms with Crippen LogP contribution in [0.5, 0.6) is 0 Å². The molecule has 1 heterocycles. The van der Waals surface area contributed by atoms with Crippen LogP contribution in [0.4, 0.5) is 0 Å². The third kappa shape index (κ3) is 4.78. The average molecular weight is 284 g/mol. The van der Waals surface area contributed by atoms with Crippen molar-refractivity contribution >= 4 is 11.8 Å². The van der Waals surface area contributed by atoms with Crippen LogP contribution in [0.25, 0.3) is 0 Å². The van der Waals surface area contributed by atoms with Crippen LogP contribution < -0.4 is 5.32 Å². The van der Waals surface area contributed by atoms with Gasteiger partial charge in [0, 0.05) is 26.6 Å². The maximum absolute atomic E-state index is 12.1. The molecule has 5 nitrogen and oxygen atoms in total. The van der Waals surface area contributed by atoms with E-state index in [1.807, 2.05) is 13.8 Å². The van der Waals surface area contributed by atoms with Crippen molar-refractivity contribution in [2.45, 2.75) is 58.5 Å². The fourth-order valence-electron chi connectivity index (χ4n) is 2.89. The molecule has 1 rings (SSSR count). The maximum Gasteiger partial charge on any atom is 0.225 e. The summed E-state index contributed by atoms with van der Waals surface area (Å²) in [5.74, 6) is -0.153. The molecule has 0 aromatic carbocycles. The van der Waals surface area contributed by atoms with E-state index >= 15 is 0 Å². The van der Waals surface area contributed by atoms with Gasteiger partial charge in [0.25, 0.3) is 0 Å². The van der Waals surface area contributed by atoms with Crippen LogP contribution in [0.15, 0.2) is 0 Å². The molecule has 0 aromatic rings. The van der Waals surface area contributed by atoms with Gasteiger partial charge in [-0.15, -0.1) is 0 Å². The molecule has 0 spiro atoms. The van der Waals surface area contributed by atoms with Crippen molar-refractivity contribution in [3.05, 3.63) is 0 Å². The third-order valence-corrected chi connectivity index (χ3v) is 4.03. The number of likely N-dealkylation sites (tertiary alicyclic amines) is 1. The number of aliphatic hydroxyl groups is 1. The van der Waals surface area contributed by atoms with Gasteiger partial charge in [-0.3, -0.25) is 9.59 Å². The Morgan fingerprint density at radius 2 is 1.90 bits per heavy atom. The molecule has 1 fully saturated rings. The molecule has 1 unspecified atom stereocenters. The summed E-state index contributed by atoms with van der Waals surface area (Å²) in [6, 6.07) is 0. The zero-order valence-electron chi connectivity index (χ0n) is 12.9. The topological polar surface area (TPSA) is 69.6 Å². The third-order valence-electron chi connectivity index (χ3n) is 4.03. The first-order valence-electron chi connectivity index (χ1n) is 7.67. The number of hydrogen-bond acceptors (Lipinski definition) is 3. The molecule has 0 aliphatic carbocycles. The second-order valence-electron chi connectivity index (χ2n) is 5.89. The van der Waals surface area contributed by atoms with Crippen LogP contribution in [-0.2, 0) is 9.59 Å². The van der Waals surface area contributed by atoms with Crippen LogP contribution >= 0.6 is 0 Å². The zero-order valence-corrected chi connectivity index (χ0v) is 12.9. The van der Waals surface area contributed by atoms with Crippen molar-refractivity contribution in [2.24, 2.45) is 5.92 Å². The highest BCUT2D eigenvalue weighted by molar-refractivity contribution is 5.81. The van der Waals surface area contributed by atoms with Gasteiger partial charge in [-0.05, 0) is 19.3 Å². The number of nitrogens with one attached hydrogen (secondary N) is 1. The molecule has 1 aliphatic rings. The largest absolute Gasteiger partial charge is 0.388 e. The van der Waals surface area contributed by atoms with Gasteiger partial charge in [-0.1, -0.05) is 26.7 Å². The van der Waals surface area contributed by atoms with Gasteiger partial charge in [-0.25, -0.2) is 0 Å². The Labute approximate surface area is 121 Å². The minimum Gasteiger partial charge on any atom is -0.388 e. The highest BCUT2D eigenvalue weighted by Crippen LogP contribution is 2.20. The Morgan fingerprint density at radius 3 is 2.35 bits per heavy atom. The molecule has 0 bridgehead atoms. The Morgan fingerprint density at radius 1 is 1.30 bits per heavy atom. The van der Waals surface area contributed by atoms with Crippen molar-refractivity contribution in [2.75, 3.05) is 19.6 Å². The molecular weight excluding hydrogens is 256 g/mol. The summed E-state index contributed by atoms with van der Waals surface area (Å²) in [4.78, 5) is 25.1. The molecule has 20 heavy (non-hydrogen) atoms. The van der Waals surface area contributed by atoms with E-state index in [9.17, 15) is 14.7 Å². The Hall–Kier alpha value is -1.10. The second kappa shape index (κ2) is 7.62. The van der Waals surface area contributed by atoms with Crippen molar-refractivity contribution < 1.29 is 14.7 Å². The van der Waals surface area contributed by atoms with E-state index in [1.54, 1.807) is 4.90 Å². The van der Waals surface area contributed by atoms with Crippen molar-refractivity contribution in [1.29, 1.82) is 0 Å². The van der Waals surface area contributed by atoms with E-state index in [-0.39, 0.29) is 17.7 Å². The fourth-order valence-corrected chi connectivity index (χ4v) is 2.89. The molecule has 116 valence electrons. The number of hydrogen-bond donors (Lipinski definition) is 2. The van der Waals surface area contributed by atoms with E-state index in [1.165, 1.54) is 6.92 Å². The first-order valence-corrected chi connectivity index (χ1v) is 7.67. The zero-order chi connectivity index (χ0) is 15.2. The van der Waals surface area contributed by atoms with Gasteiger partial charge in [0.2, 0.25) is 11.8 Å². The summed E-state index contributed by atoms with van der Waals surface area (Å²) in [6.07, 6.45) is 3.91. The van der Waals surface area contributed by atoms with Crippen LogP contribution in [-0.4, -0.2) is 47.1 Å². The summed E-state index contributed by atoms with van der Waals surface area (Å²) in [5.41, 5.74) is -0.794. The summed E-state index contributed by atoms with van der Waals surface area (Å²) in [7, 11) is 0. The lowest BCUT2D eigenvalue weighted by Crippen LogP contribution is -2.45. The number of rotatable bonds is 7. The van der Waals surface area contributed by atoms with Crippen LogP contribution in [0.2, 0.25) is 0 Å². The van der Waals surface area contributed by atoms with Gasteiger partial charge in [0.15, 0.2) is 0 Å². The van der Waals surface area contributed by atoms with Crippen LogP contribution in [0.3, 0.4) is 0 Å². The van der Waals surface area contributed by atoms with Crippen molar-refractivity contribution in [3.63, 3.8) is 0 Å². The van der Waals surface area contributed by atoms with Crippen molar-refractivity contribution in [3.8, 4) is 0 Å². The standard InChI is InChI=1S/C15H28N2O3/c1-4-7-15(20,8-5-2)11-16-14(19)13-6-9-17(10-13)12(3)18/h13,20H,4-11H2,1-3H3,(H,16,19). The smallest absolute Gasteiger partial charge is 0.225 e. The summed E-state index contributed by atoms with van der Waals surface area (Å²) < 4.78 is 0. The molecule has 1 aliphatic heterocycles. The highest BCUT2D eigenvalue weighted by Gasteiger charge is 2.31. The predicted molar refractivity (Wildman–Crippen MR) is 78.1 cm³/mol. The van der Waals surface area contributed by atoms with Crippen molar-refractivity contribution in [1.82, 2.24) is 10.2 Å². The molecule has 2 N–H and O–H groups in total. The molecular formula is C15H28N2O3. The second-order valence-corrected chi connectivity index (χ2v) is 5.89. The molecule has 0 aromatic heterocycles. The maximum atomic E-state index is 12.1. The van der Waals surface area contributed by atoms with Gasteiger partial charge in [-0.2, -0.15) is 0 Å². The highest BCUT2D eigenvalue weighted by atomic mass is 16.3. The number of nitrogens with zero attached hydrogens (tertiary/aromatic N) is 1. The number of carbonyl (C=O) groups excluding carboxylic acids is 2. The van der Waals surface area contributed by atoms with E-state index in [0.717, 1.165) is 12.8 Å². The summed E-state index contributed by atoms with van der Waals surface area (Å²) >= 11 is 0. The van der Waals surface area contributed by atoms with Gasteiger partial charge in [0.1, 0.15) is 0 Å². The van der Waals surface area contributed by atoms with Gasteiger partial charge >= 0.3 is 0 Å². The molecule has 1 saturated heterocycles. The van der Waals surface area contributed by atoms with E-state index in [4.69, 9.17) is 0 Å². The van der Waals surface area contributed by atoms with Gasteiger partial charge in [0.05, 0.1) is 11.5 Å². The quantitative estimate of drug-likeness (QED) is 0.740. The Bertz CT molecular complexity index is 338. The Balaban J connectivity index is 2.44. The molecule has 5 heteroatoms. The molecule has 1 atom stereocenters. The first-order chi connectivity index (χ1) is 9.41. The fraction of sp³-hybridized carbons (Fsp3) is 0.867.